The Bertz CT molecular complexity index is 399. The molecule has 3 N–H and O–H groups in total. The maximum atomic E-state index is 12.2. The van der Waals surface area contributed by atoms with Gasteiger partial charge in [0.25, 0.3) is 0 Å². The van der Waals surface area contributed by atoms with Gasteiger partial charge in [-0.05, 0) is 31.9 Å². The van der Waals surface area contributed by atoms with Crippen molar-refractivity contribution >= 4 is 11.6 Å². The van der Waals surface area contributed by atoms with Crippen LogP contribution in [0.3, 0.4) is 0 Å². The fraction of sp³-hybridized carbons (Fsp3) is 0.533. The third kappa shape index (κ3) is 3.33. The first-order valence-electron chi connectivity index (χ1n) is 6.80. The number of amides is 1. The first-order chi connectivity index (χ1) is 8.66. The van der Waals surface area contributed by atoms with Crippen LogP contribution in [0.4, 0.5) is 5.69 Å². The molecule has 0 saturated heterocycles. The summed E-state index contributed by atoms with van der Waals surface area (Å²) in [7, 11) is 0. The number of benzene rings is 1. The summed E-state index contributed by atoms with van der Waals surface area (Å²) >= 11 is 0. The number of aryl methyl sites for hydroxylation is 1. The number of rotatable bonds is 2. The van der Waals surface area contributed by atoms with Gasteiger partial charge >= 0.3 is 0 Å². The molecule has 3 heteroatoms. The second kappa shape index (κ2) is 6.01. The van der Waals surface area contributed by atoms with Gasteiger partial charge in [-0.15, -0.1) is 0 Å². The van der Waals surface area contributed by atoms with E-state index in [0.717, 1.165) is 31.4 Å². The Morgan fingerprint density at radius 3 is 2.56 bits per heavy atom. The predicted molar refractivity (Wildman–Crippen MR) is 74.4 cm³/mol. The van der Waals surface area contributed by atoms with Gasteiger partial charge in [-0.3, -0.25) is 4.79 Å². The molecule has 0 bridgehead atoms. The molecule has 0 aromatic heterocycles. The third-order valence-electron chi connectivity index (χ3n) is 3.73. The first kappa shape index (κ1) is 13.1. The molecule has 98 valence electrons. The normalized spacial score (nSPS) is 24.3. The molecular weight excluding hydrogens is 224 g/mol. The summed E-state index contributed by atoms with van der Waals surface area (Å²) < 4.78 is 0. The maximum absolute atomic E-state index is 12.2. The summed E-state index contributed by atoms with van der Waals surface area (Å²) in [5, 5.41) is 2.98. The fourth-order valence-corrected chi connectivity index (χ4v) is 2.53. The van der Waals surface area contributed by atoms with Gasteiger partial charge in [-0.2, -0.15) is 0 Å². The molecule has 1 amide bonds. The average Bonchev–Trinajstić information content (AvgIpc) is 2.57. The van der Waals surface area contributed by atoms with Crippen molar-refractivity contribution in [3.05, 3.63) is 29.8 Å². The zero-order chi connectivity index (χ0) is 13.0. The second-order valence-corrected chi connectivity index (χ2v) is 5.26. The van der Waals surface area contributed by atoms with Crippen LogP contribution < -0.4 is 11.1 Å². The monoisotopic (exact) mass is 246 g/mol. The van der Waals surface area contributed by atoms with Crippen LogP contribution in [0.15, 0.2) is 24.3 Å². The van der Waals surface area contributed by atoms with Crippen LogP contribution in [-0.4, -0.2) is 11.9 Å². The topological polar surface area (TPSA) is 55.1 Å². The third-order valence-corrected chi connectivity index (χ3v) is 3.73. The van der Waals surface area contributed by atoms with E-state index in [1.165, 1.54) is 12.0 Å². The van der Waals surface area contributed by atoms with E-state index >= 15 is 0 Å². The van der Waals surface area contributed by atoms with Crippen molar-refractivity contribution in [3.8, 4) is 0 Å². The quantitative estimate of drug-likeness (QED) is 0.788. The van der Waals surface area contributed by atoms with Gasteiger partial charge < -0.3 is 11.1 Å². The van der Waals surface area contributed by atoms with E-state index in [1.807, 2.05) is 31.2 Å². The van der Waals surface area contributed by atoms with Gasteiger partial charge in [0.2, 0.25) is 5.91 Å². The number of hydrogen-bond donors (Lipinski definition) is 2. The minimum atomic E-state index is -0.0335. The summed E-state index contributed by atoms with van der Waals surface area (Å²) in [4.78, 5) is 12.2. The summed E-state index contributed by atoms with van der Waals surface area (Å²) in [5.41, 5.74) is 8.15. The van der Waals surface area contributed by atoms with E-state index in [4.69, 9.17) is 5.73 Å². The molecule has 1 aromatic rings. The lowest BCUT2D eigenvalue weighted by molar-refractivity contribution is -0.120. The molecule has 0 spiro atoms. The minimum Gasteiger partial charge on any atom is -0.327 e. The Kier molecular flexibility index (Phi) is 4.37. The van der Waals surface area contributed by atoms with Crippen molar-refractivity contribution < 1.29 is 4.79 Å². The van der Waals surface area contributed by atoms with E-state index < -0.39 is 0 Å². The van der Waals surface area contributed by atoms with Gasteiger partial charge in [0.1, 0.15) is 0 Å². The number of hydrogen-bond acceptors (Lipinski definition) is 2. The molecule has 1 fully saturated rings. The van der Waals surface area contributed by atoms with Gasteiger partial charge in [0.05, 0.1) is 5.92 Å². The lowest BCUT2D eigenvalue weighted by Crippen LogP contribution is -2.37. The van der Waals surface area contributed by atoms with Crippen LogP contribution in [0, 0.1) is 12.8 Å². The molecule has 0 heterocycles. The van der Waals surface area contributed by atoms with Crippen molar-refractivity contribution in [1.82, 2.24) is 0 Å². The minimum absolute atomic E-state index is 0.0120. The Morgan fingerprint density at radius 2 is 1.83 bits per heavy atom. The highest BCUT2D eigenvalue weighted by atomic mass is 16.1. The molecule has 0 unspecified atom stereocenters. The predicted octanol–water partition coefficient (Wildman–Crippen LogP) is 2.84. The molecule has 1 aliphatic carbocycles. The number of nitrogens with one attached hydrogen (secondary N) is 1. The van der Waals surface area contributed by atoms with Gasteiger partial charge in [0, 0.05) is 11.7 Å². The molecule has 2 rings (SSSR count). The molecule has 1 aromatic carbocycles. The van der Waals surface area contributed by atoms with Crippen LogP contribution in [0.5, 0.6) is 0 Å². The van der Waals surface area contributed by atoms with Crippen LogP contribution in [0.25, 0.3) is 0 Å². The average molecular weight is 246 g/mol. The number of anilines is 1. The largest absolute Gasteiger partial charge is 0.327 e. The highest BCUT2D eigenvalue weighted by Gasteiger charge is 2.26. The SMILES string of the molecule is Cc1ccc(NC(=O)[C@@H]2CCCCC[C@H]2N)cc1. The van der Waals surface area contributed by atoms with E-state index in [0.29, 0.717) is 0 Å². The summed E-state index contributed by atoms with van der Waals surface area (Å²) in [5.74, 6) is 0.0436. The second-order valence-electron chi connectivity index (χ2n) is 5.26. The van der Waals surface area contributed by atoms with E-state index in [1.54, 1.807) is 0 Å². The molecular formula is C15H22N2O. The van der Waals surface area contributed by atoms with Crippen LogP contribution >= 0.6 is 0 Å². The summed E-state index contributed by atoms with van der Waals surface area (Å²) in [6.45, 7) is 2.03. The van der Waals surface area contributed by atoms with Gasteiger partial charge in [0.15, 0.2) is 0 Å². The maximum Gasteiger partial charge on any atom is 0.229 e. The Hall–Kier alpha value is -1.35. The highest BCUT2D eigenvalue weighted by molar-refractivity contribution is 5.93. The molecule has 0 aliphatic heterocycles. The molecule has 3 nitrogen and oxygen atoms in total. The number of nitrogens with two attached hydrogens (primary N) is 1. The smallest absolute Gasteiger partial charge is 0.229 e. The Morgan fingerprint density at radius 1 is 1.17 bits per heavy atom. The zero-order valence-corrected chi connectivity index (χ0v) is 11.0. The van der Waals surface area contributed by atoms with Crippen LogP contribution in [0.2, 0.25) is 0 Å². The molecule has 1 saturated carbocycles. The standard InChI is InChI=1S/C15H22N2O/c1-11-7-9-12(10-8-11)17-15(18)13-5-3-2-4-6-14(13)16/h7-10,13-14H,2-6,16H2,1H3,(H,17,18)/t13-,14-/m1/s1. The lowest BCUT2D eigenvalue weighted by Gasteiger charge is -2.20. The zero-order valence-electron chi connectivity index (χ0n) is 11.0. The van der Waals surface area contributed by atoms with Crippen molar-refractivity contribution in [2.75, 3.05) is 5.32 Å². The fourth-order valence-electron chi connectivity index (χ4n) is 2.53. The van der Waals surface area contributed by atoms with Crippen molar-refractivity contribution in [2.45, 2.75) is 45.1 Å². The Labute approximate surface area is 109 Å². The molecule has 18 heavy (non-hydrogen) atoms. The van der Waals surface area contributed by atoms with E-state index in [-0.39, 0.29) is 17.9 Å². The van der Waals surface area contributed by atoms with Crippen molar-refractivity contribution in [1.29, 1.82) is 0 Å². The molecule has 1 aliphatic rings. The number of carbonyl (C=O) groups is 1. The van der Waals surface area contributed by atoms with Gasteiger partial charge in [-0.25, -0.2) is 0 Å². The van der Waals surface area contributed by atoms with E-state index in [9.17, 15) is 4.79 Å². The summed E-state index contributed by atoms with van der Waals surface area (Å²) in [6.07, 6.45) is 5.34. The van der Waals surface area contributed by atoms with Crippen molar-refractivity contribution in [3.63, 3.8) is 0 Å². The van der Waals surface area contributed by atoms with Crippen LogP contribution in [-0.2, 0) is 4.79 Å². The molecule has 0 radical (unpaired) electrons. The summed E-state index contributed by atoms with van der Waals surface area (Å²) in [6, 6.07) is 7.90. The van der Waals surface area contributed by atoms with E-state index in [2.05, 4.69) is 5.32 Å². The first-order valence-corrected chi connectivity index (χ1v) is 6.80. The van der Waals surface area contributed by atoms with Crippen LogP contribution in [0.1, 0.15) is 37.7 Å². The number of carbonyl (C=O) groups excluding carboxylic acids is 1. The van der Waals surface area contributed by atoms with Crippen molar-refractivity contribution in [2.24, 2.45) is 11.7 Å². The highest BCUT2D eigenvalue weighted by Crippen LogP contribution is 2.23. The lowest BCUT2D eigenvalue weighted by atomic mass is 9.94. The van der Waals surface area contributed by atoms with Gasteiger partial charge in [-0.1, -0.05) is 37.0 Å². The molecule has 2 atom stereocenters. The Balaban J connectivity index is 1.99.